The molecule has 5 rings (SSSR count). The second-order valence-electron chi connectivity index (χ2n) is 7.50. The van der Waals surface area contributed by atoms with E-state index in [1.54, 1.807) is 12.1 Å². The molecule has 0 amide bonds. The Morgan fingerprint density at radius 1 is 0.862 bits per heavy atom. The van der Waals surface area contributed by atoms with Gasteiger partial charge in [0.05, 0.1) is 11.4 Å². The highest BCUT2D eigenvalue weighted by Crippen LogP contribution is 2.44. The van der Waals surface area contributed by atoms with Gasteiger partial charge in [-0.1, -0.05) is 30.3 Å². The monoisotopic (exact) mass is 384 g/mol. The number of fused-ring (bicyclic) bond motifs is 3. The smallest absolute Gasteiger partial charge is 0.182 e. The third-order valence-electron chi connectivity index (χ3n) is 5.94. The topological polar surface area (TPSA) is 36.7 Å². The number of hydrogen-bond acceptors (Lipinski definition) is 4. The van der Waals surface area contributed by atoms with Gasteiger partial charge >= 0.3 is 0 Å². The van der Waals surface area contributed by atoms with Gasteiger partial charge in [0.2, 0.25) is 0 Å². The summed E-state index contributed by atoms with van der Waals surface area (Å²) >= 11 is 0. The minimum atomic E-state index is -0.0371. The molecule has 2 aromatic carbocycles. The third-order valence-corrected chi connectivity index (χ3v) is 5.94. The molecule has 0 spiro atoms. The van der Waals surface area contributed by atoms with E-state index < -0.39 is 0 Å². The average molecular weight is 384 g/mol. The molecule has 0 N–H and O–H groups in total. The van der Waals surface area contributed by atoms with Crippen molar-refractivity contribution < 1.29 is 4.42 Å². The van der Waals surface area contributed by atoms with Crippen LogP contribution >= 0.6 is 0 Å². The van der Waals surface area contributed by atoms with Crippen LogP contribution in [-0.4, -0.2) is 26.2 Å². The lowest BCUT2D eigenvalue weighted by Gasteiger charge is -2.38. The highest BCUT2D eigenvalue weighted by molar-refractivity contribution is 6.05. The molecule has 0 radical (unpaired) electrons. The zero-order valence-corrected chi connectivity index (χ0v) is 16.8. The highest BCUT2D eigenvalue weighted by atomic mass is 16.3. The van der Waals surface area contributed by atoms with E-state index in [2.05, 4.69) is 60.0 Å². The highest BCUT2D eigenvalue weighted by Gasteiger charge is 2.25. The van der Waals surface area contributed by atoms with E-state index in [0.29, 0.717) is 5.76 Å². The minimum Gasteiger partial charge on any atom is -0.456 e. The Morgan fingerprint density at radius 3 is 2.24 bits per heavy atom. The van der Waals surface area contributed by atoms with Gasteiger partial charge in [-0.25, -0.2) is 0 Å². The quantitative estimate of drug-likeness (QED) is 0.453. The Balaban J connectivity index is 1.91. The van der Waals surface area contributed by atoms with Crippen LogP contribution in [0.4, 0.5) is 11.4 Å². The molecule has 0 saturated carbocycles. The lowest BCUT2D eigenvalue weighted by molar-refractivity contribution is 0.618. The predicted molar refractivity (Wildman–Crippen MR) is 120 cm³/mol. The fourth-order valence-electron chi connectivity index (χ4n) is 4.46. The summed E-state index contributed by atoms with van der Waals surface area (Å²) in [5.74, 6) is 0.634. The first-order valence-corrected chi connectivity index (χ1v) is 10.3. The molecule has 3 aliphatic rings. The number of benzene rings is 3. The van der Waals surface area contributed by atoms with Crippen molar-refractivity contribution >= 4 is 22.3 Å². The van der Waals surface area contributed by atoms with Crippen LogP contribution in [0.5, 0.6) is 0 Å². The van der Waals surface area contributed by atoms with Crippen LogP contribution in [0.15, 0.2) is 69.9 Å². The van der Waals surface area contributed by atoms with E-state index in [1.165, 1.54) is 11.4 Å². The van der Waals surface area contributed by atoms with Gasteiger partial charge < -0.3 is 14.2 Å². The summed E-state index contributed by atoms with van der Waals surface area (Å²) in [4.78, 5) is 16.8. The van der Waals surface area contributed by atoms with Gasteiger partial charge in [-0.2, -0.15) is 0 Å². The van der Waals surface area contributed by atoms with Crippen molar-refractivity contribution in [2.24, 2.45) is 0 Å². The molecule has 2 heterocycles. The molecule has 0 saturated heterocycles. The fraction of sp³-hybridized carbons (Fsp3) is 0.240. The molecule has 2 aliphatic heterocycles. The van der Waals surface area contributed by atoms with Crippen LogP contribution in [0.3, 0.4) is 0 Å². The van der Waals surface area contributed by atoms with Crippen LogP contribution in [-0.2, 0) is 0 Å². The molecule has 0 unspecified atom stereocenters. The van der Waals surface area contributed by atoms with Gasteiger partial charge in [0, 0.05) is 54.8 Å². The van der Waals surface area contributed by atoms with Crippen molar-refractivity contribution in [2.75, 3.05) is 36.0 Å². The second-order valence-corrected chi connectivity index (χ2v) is 7.50. The van der Waals surface area contributed by atoms with Gasteiger partial charge in [0.15, 0.2) is 5.43 Å². The summed E-state index contributed by atoms with van der Waals surface area (Å²) < 4.78 is 6.27. The Morgan fingerprint density at radius 2 is 1.55 bits per heavy atom. The van der Waals surface area contributed by atoms with Crippen molar-refractivity contribution in [3.05, 3.63) is 70.9 Å². The zero-order chi connectivity index (χ0) is 20.0. The molecular formula is C25H24N2O2. The maximum Gasteiger partial charge on any atom is 0.182 e. The molecule has 2 aromatic rings. The lowest BCUT2D eigenvalue weighted by Crippen LogP contribution is -2.40. The number of anilines is 2. The van der Waals surface area contributed by atoms with Crippen molar-refractivity contribution in [2.45, 2.75) is 13.8 Å². The Kier molecular flexibility index (Phi) is 4.27. The van der Waals surface area contributed by atoms with Gasteiger partial charge in [0.25, 0.3) is 0 Å². The Bertz CT molecular complexity index is 1210. The van der Waals surface area contributed by atoms with E-state index in [-0.39, 0.29) is 5.43 Å². The number of nitrogens with zero attached hydrogens (tertiary/aromatic N) is 2. The van der Waals surface area contributed by atoms with E-state index >= 15 is 0 Å². The van der Waals surface area contributed by atoms with E-state index in [0.717, 1.165) is 53.8 Å². The molecular weight excluding hydrogens is 360 g/mol. The average Bonchev–Trinajstić information content (AvgIpc) is 2.76. The maximum atomic E-state index is 12.0. The van der Waals surface area contributed by atoms with Gasteiger partial charge in [-0.15, -0.1) is 0 Å². The summed E-state index contributed by atoms with van der Waals surface area (Å²) in [5, 5.41) is 1.08. The first-order valence-electron chi connectivity index (χ1n) is 10.3. The molecule has 0 aromatic heterocycles. The van der Waals surface area contributed by atoms with Gasteiger partial charge in [-0.05, 0) is 37.6 Å². The number of hydrogen-bond donors (Lipinski definition) is 0. The zero-order valence-electron chi connectivity index (χ0n) is 16.8. The summed E-state index contributed by atoms with van der Waals surface area (Å²) in [7, 11) is 0. The first-order chi connectivity index (χ1) is 14.2. The van der Waals surface area contributed by atoms with Crippen LogP contribution in [0.2, 0.25) is 0 Å². The lowest BCUT2D eigenvalue weighted by atomic mass is 9.93. The van der Waals surface area contributed by atoms with Crippen molar-refractivity contribution in [1.29, 1.82) is 0 Å². The van der Waals surface area contributed by atoms with Crippen LogP contribution in [0.25, 0.3) is 33.4 Å². The molecule has 0 bridgehead atoms. The van der Waals surface area contributed by atoms with E-state index in [9.17, 15) is 4.79 Å². The van der Waals surface area contributed by atoms with Crippen LogP contribution in [0, 0.1) is 0 Å². The van der Waals surface area contributed by atoms with Crippen LogP contribution in [0.1, 0.15) is 13.8 Å². The van der Waals surface area contributed by atoms with Crippen molar-refractivity contribution in [3.8, 4) is 22.5 Å². The van der Waals surface area contributed by atoms with E-state index in [1.807, 2.05) is 12.1 Å². The molecule has 4 heteroatoms. The molecule has 0 atom stereocenters. The Hall–Kier alpha value is -3.27. The minimum absolute atomic E-state index is 0.0371. The SMILES string of the molecule is CCN1CCN(CC)c2cc3c(-c4ccccc4)c4ccc(=O)cc-4oc3cc21. The van der Waals surface area contributed by atoms with Gasteiger partial charge in [-0.3, -0.25) is 4.79 Å². The standard InChI is InChI=1S/C25H24N2O2/c1-3-26-12-13-27(4-2)22-16-24-20(15-21(22)26)25(17-8-6-5-7-9-17)19-11-10-18(28)14-23(19)29-24/h5-11,14-16H,3-4,12-13H2,1-2H3. The van der Waals surface area contributed by atoms with Crippen molar-refractivity contribution in [1.82, 2.24) is 0 Å². The largest absolute Gasteiger partial charge is 0.456 e. The van der Waals surface area contributed by atoms with Crippen molar-refractivity contribution in [3.63, 3.8) is 0 Å². The fourth-order valence-corrected chi connectivity index (χ4v) is 4.46. The molecule has 146 valence electrons. The summed E-state index contributed by atoms with van der Waals surface area (Å²) in [5.41, 5.74) is 6.45. The molecule has 4 nitrogen and oxygen atoms in total. The molecule has 0 fully saturated rings. The molecule has 1 aliphatic carbocycles. The second kappa shape index (κ2) is 6.96. The first kappa shape index (κ1) is 17.8. The summed E-state index contributed by atoms with van der Waals surface area (Å²) in [6, 6.07) is 19.9. The summed E-state index contributed by atoms with van der Waals surface area (Å²) in [6.45, 7) is 8.35. The Labute approximate surface area is 170 Å². The number of likely N-dealkylation sites (N-methyl/N-ethyl adjacent to an activating group) is 2. The maximum absolute atomic E-state index is 12.0. The predicted octanol–water partition coefficient (Wildman–Crippen LogP) is 5.23. The van der Waals surface area contributed by atoms with Gasteiger partial charge in [0.1, 0.15) is 11.3 Å². The number of rotatable bonds is 3. The van der Waals surface area contributed by atoms with Crippen LogP contribution < -0.4 is 15.2 Å². The summed E-state index contributed by atoms with van der Waals surface area (Å²) in [6.07, 6.45) is 0. The molecule has 29 heavy (non-hydrogen) atoms. The third kappa shape index (κ3) is 2.87. The van der Waals surface area contributed by atoms with E-state index in [4.69, 9.17) is 4.42 Å². The normalized spacial score (nSPS) is 13.9.